The number of halogens is 1. The minimum Gasteiger partial charge on any atom is -0.450 e. The summed E-state index contributed by atoms with van der Waals surface area (Å²) in [7, 11) is 0. The Labute approximate surface area is 201 Å². The van der Waals surface area contributed by atoms with Crippen LogP contribution in [0.5, 0.6) is 0 Å². The number of rotatable bonds is 6. The Morgan fingerprint density at radius 2 is 2.00 bits per heavy atom. The number of hydrogen-bond acceptors (Lipinski definition) is 4. The molecule has 0 unspecified atom stereocenters. The van der Waals surface area contributed by atoms with E-state index in [-0.39, 0.29) is 36.1 Å². The van der Waals surface area contributed by atoms with Crippen LogP contribution in [0, 0.1) is 0 Å². The number of nitrogens with one attached hydrogen (secondary N) is 2. The number of nitrogens with zero attached hydrogens (tertiary/aromatic N) is 3. The number of benzene rings is 1. The van der Waals surface area contributed by atoms with Crippen LogP contribution in [0.4, 0.5) is 4.79 Å². The van der Waals surface area contributed by atoms with E-state index < -0.39 is 0 Å². The first-order valence-corrected chi connectivity index (χ1v) is 10.7. The third-order valence-electron chi connectivity index (χ3n) is 5.01. The summed E-state index contributed by atoms with van der Waals surface area (Å²) in [6.07, 6.45) is 3.33. The Balaban J connectivity index is 0.00000341. The van der Waals surface area contributed by atoms with E-state index in [9.17, 15) is 4.79 Å². The summed E-state index contributed by atoms with van der Waals surface area (Å²) in [6.45, 7) is 7.07. The maximum Gasteiger partial charge on any atom is 0.409 e. The molecule has 0 atom stereocenters. The van der Waals surface area contributed by atoms with Gasteiger partial charge in [-0.2, -0.15) is 0 Å². The van der Waals surface area contributed by atoms with E-state index in [0.29, 0.717) is 26.2 Å². The molecule has 1 aliphatic heterocycles. The third-order valence-corrected chi connectivity index (χ3v) is 5.01. The van der Waals surface area contributed by atoms with Crippen molar-refractivity contribution in [2.75, 3.05) is 26.2 Å². The van der Waals surface area contributed by atoms with Crippen molar-refractivity contribution < 1.29 is 9.53 Å². The first-order valence-electron chi connectivity index (χ1n) is 10.7. The van der Waals surface area contributed by atoms with Gasteiger partial charge in [-0.25, -0.2) is 9.79 Å². The zero-order valence-corrected chi connectivity index (χ0v) is 20.5. The molecule has 8 heteroatoms. The lowest BCUT2D eigenvalue weighted by Gasteiger charge is -2.32. The van der Waals surface area contributed by atoms with E-state index in [4.69, 9.17) is 9.73 Å². The van der Waals surface area contributed by atoms with Crippen LogP contribution in [0.1, 0.15) is 32.3 Å². The van der Waals surface area contributed by atoms with Gasteiger partial charge < -0.3 is 20.3 Å². The van der Waals surface area contributed by atoms with Crippen LogP contribution in [-0.2, 0) is 11.3 Å². The Bertz CT molecular complexity index is 839. The van der Waals surface area contributed by atoms with Crippen molar-refractivity contribution in [3.05, 3.63) is 54.2 Å². The summed E-state index contributed by atoms with van der Waals surface area (Å²) in [4.78, 5) is 22.8. The average Bonchev–Trinajstić information content (AvgIpc) is 2.79. The Morgan fingerprint density at radius 3 is 2.68 bits per heavy atom. The number of piperidine rings is 1. The monoisotopic (exact) mass is 537 g/mol. The maximum atomic E-state index is 11.9. The highest BCUT2D eigenvalue weighted by Crippen LogP contribution is 2.18. The molecule has 0 spiro atoms. The molecule has 1 aromatic carbocycles. The van der Waals surface area contributed by atoms with Gasteiger partial charge in [-0.05, 0) is 50.5 Å². The number of ether oxygens (including phenoxy) is 1. The Hall–Kier alpha value is -2.36. The van der Waals surface area contributed by atoms with Crippen molar-refractivity contribution in [2.24, 2.45) is 4.99 Å². The van der Waals surface area contributed by atoms with Crippen LogP contribution in [0.15, 0.2) is 53.7 Å². The fourth-order valence-corrected chi connectivity index (χ4v) is 3.47. The number of carbonyl (C=O) groups excluding carboxylic acids is 1. The average molecular weight is 537 g/mol. The van der Waals surface area contributed by atoms with E-state index in [2.05, 4.69) is 40.7 Å². The van der Waals surface area contributed by atoms with Crippen LogP contribution in [-0.4, -0.2) is 54.2 Å². The first kappa shape index (κ1) is 24.9. The zero-order valence-electron chi connectivity index (χ0n) is 18.2. The fraction of sp³-hybridized carbons (Fsp3) is 0.435. The number of aliphatic imine (C=N–C) groups is 1. The number of likely N-dealkylation sites (tertiary alicyclic amines) is 1. The highest BCUT2D eigenvalue weighted by atomic mass is 127. The van der Waals surface area contributed by atoms with Gasteiger partial charge in [0.05, 0.1) is 18.8 Å². The molecule has 0 bridgehead atoms. The minimum atomic E-state index is -0.218. The number of amides is 1. The molecule has 0 radical (unpaired) electrons. The molecule has 2 N–H and O–H groups in total. The normalized spacial score (nSPS) is 14.5. The fourth-order valence-electron chi connectivity index (χ4n) is 3.47. The lowest BCUT2D eigenvalue weighted by molar-refractivity contribution is 0.0963. The third kappa shape index (κ3) is 7.68. The highest BCUT2D eigenvalue weighted by molar-refractivity contribution is 14.0. The van der Waals surface area contributed by atoms with Crippen LogP contribution < -0.4 is 10.6 Å². The second-order valence-corrected chi connectivity index (χ2v) is 7.22. The van der Waals surface area contributed by atoms with E-state index in [1.165, 1.54) is 0 Å². The molecule has 0 aliphatic carbocycles. The molecule has 7 nitrogen and oxygen atoms in total. The van der Waals surface area contributed by atoms with Crippen molar-refractivity contribution in [2.45, 2.75) is 39.3 Å². The van der Waals surface area contributed by atoms with Gasteiger partial charge in [0.25, 0.3) is 0 Å². The van der Waals surface area contributed by atoms with Crippen LogP contribution >= 0.6 is 24.0 Å². The zero-order chi connectivity index (χ0) is 21.2. The van der Waals surface area contributed by atoms with Crippen molar-refractivity contribution >= 4 is 36.0 Å². The van der Waals surface area contributed by atoms with Gasteiger partial charge in [0.1, 0.15) is 0 Å². The summed E-state index contributed by atoms with van der Waals surface area (Å²) < 4.78 is 5.09. The first-order chi connectivity index (χ1) is 14.7. The molecular weight excluding hydrogens is 505 g/mol. The number of pyridine rings is 1. The number of hydrogen-bond donors (Lipinski definition) is 2. The molecule has 31 heavy (non-hydrogen) atoms. The second kappa shape index (κ2) is 13.1. The second-order valence-electron chi connectivity index (χ2n) is 7.22. The molecule has 2 heterocycles. The lowest BCUT2D eigenvalue weighted by Crippen LogP contribution is -2.49. The molecule has 3 rings (SSSR count). The quantitative estimate of drug-likeness (QED) is 0.331. The van der Waals surface area contributed by atoms with E-state index >= 15 is 0 Å². The molecule has 2 aromatic rings. The number of guanidine groups is 1. The highest BCUT2D eigenvalue weighted by Gasteiger charge is 2.24. The smallest absolute Gasteiger partial charge is 0.409 e. The van der Waals surface area contributed by atoms with Crippen molar-refractivity contribution in [1.29, 1.82) is 0 Å². The number of carbonyl (C=O) groups is 1. The summed E-state index contributed by atoms with van der Waals surface area (Å²) in [6, 6.07) is 14.5. The van der Waals surface area contributed by atoms with Gasteiger partial charge in [-0.1, -0.05) is 24.3 Å². The van der Waals surface area contributed by atoms with Crippen LogP contribution in [0.25, 0.3) is 11.3 Å². The van der Waals surface area contributed by atoms with Crippen LogP contribution in [0.3, 0.4) is 0 Å². The summed E-state index contributed by atoms with van der Waals surface area (Å²) in [5.74, 6) is 0.801. The topological polar surface area (TPSA) is 78.9 Å². The molecule has 1 saturated heterocycles. The molecule has 1 fully saturated rings. The molecular formula is C23H32IN5O2. The van der Waals surface area contributed by atoms with Gasteiger partial charge >= 0.3 is 6.09 Å². The molecule has 1 amide bonds. The summed E-state index contributed by atoms with van der Waals surface area (Å²) >= 11 is 0. The largest absolute Gasteiger partial charge is 0.450 e. The summed E-state index contributed by atoms with van der Waals surface area (Å²) in [5.41, 5.74) is 3.18. The maximum absolute atomic E-state index is 11.9. The van der Waals surface area contributed by atoms with Gasteiger partial charge in [0.15, 0.2) is 5.96 Å². The Kier molecular flexibility index (Phi) is 10.6. The predicted molar refractivity (Wildman–Crippen MR) is 135 cm³/mol. The van der Waals surface area contributed by atoms with Gasteiger partial charge in [0, 0.05) is 37.4 Å². The molecule has 1 aromatic heterocycles. The predicted octanol–water partition coefficient (Wildman–Crippen LogP) is 4.04. The molecule has 1 aliphatic rings. The van der Waals surface area contributed by atoms with Crippen molar-refractivity contribution in [1.82, 2.24) is 20.5 Å². The van der Waals surface area contributed by atoms with Gasteiger partial charge in [-0.15, -0.1) is 24.0 Å². The minimum absolute atomic E-state index is 0. The van der Waals surface area contributed by atoms with E-state index in [1.807, 2.05) is 31.2 Å². The van der Waals surface area contributed by atoms with E-state index in [0.717, 1.165) is 42.2 Å². The standard InChI is InChI=1S/C23H31N5O2.HI/c1-3-24-22(27-20-11-14-28(15-12-20)23(29)30-4-2)26-17-18-8-7-9-19(16-18)21-10-5-6-13-25-21;/h5-10,13,16,20H,3-4,11-12,14-15,17H2,1-2H3,(H2,24,26,27);1H. The lowest BCUT2D eigenvalue weighted by atomic mass is 10.1. The van der Waals surface area contributed by atoms with Crippen molar-refractivity contribution in [3.63, 3.8) is 0 Å². The van der Waals surface area contributed by atoms with Gasteiger partial charge in [0.2, 0.25) is 0 Å². The van der Waals surface area contributed by atoms with Gasteiger partial charge in [-0.3, -0.25) is 4.98 Å². The van der Waals surface area contributed by atoms with E-state index in [1.54, 1.807) is 11.1 Å². The van der Waals surface area contributed by atoms with Crippen LogP contribution in [0.2, 0.25) is 0 Å². The molecule has 0 saturated carbocycles. The molecule has 168 valence electrons. The summed E-state index contributed by atoms with van der Waals surface area (Å²) in [5, 5.41) is 6.83. The number of aromatic nitrogens is 1. The Morgan fingerprint density at radius 1 is 1.19 bits per heavy atom. The van der Waals surface area contributed by atoms with Crippen molar-refractivity contribution in [3.8, 4) is 11.3 Å². The SMILES string of the molecule is CCNC(=NCc1cccc(-c2ccccn2)c1)NC1CCN(C(=O)OCC)CC1.I.